The lowest BCUT2D eigenvalue weighted by molar-refractivity contribution is -0.143. The molecule has 0 N–H and O–H groups in total. The third kappa shape index (κ3) is 4.98. The minimum absolute atomic E-state index is 0.00428. The lowest BCUT2D eigenvalue weighted by atomic mass is 9.92. The van der Waals surface area contributed by atoms with Crippen LogP contribution in [0.1, 0.15) is 29.7 Å². The van der Waals surface area contributed by atoms with Gasteiger partial charge in [0.2, 0.25) is 0 Å². The molecule has 3 aromatic carbocycles. The zero-order valence-corrected chi connectivity index (χ0v) is 21.7. The Morgan fingerprint density at radius 2 is 1.63 bits per heavy atom. The van der Waals surface area contributed by atoms with Crippen molar-refractivity contribution in [2.24, 2.45) is 4.99 Å². The van der Waals surface area contributed by atoms with Gasteiger partial charge in [0.05, 0.1) is 45.2 Å². The van der Waals surface area contributed by atoms with Gasteiger partial charge in [0, 0.05) is 16.1 Å². The highest BCUT2D eigenvalue weighted by atomic mass is 79.9. The minimum Gasteiger partial charge on any atom is -0.496 e. The molecule has 3 aromatic rings. The fourth-order valence-electron chi connectivity index (χ4n) is 4.24. The number of benzene rings is 3. The molecule has 7 nitrogen and oxygen atoms in total. The molecule has 1 aliphatic rings. The van der Waals surface area contributed by atoms with E-state index >= 15 is 0 Å². The maximum absolute atomic E-state index is 12.8. The summed E-state index contributed by atoms with van der Waals surface area (Å²) in [5.74, 6) is 1.83. The SMILES string of the molecule is CCOC(=O)CN1C(c2cc(OC)c(OC)cc2OC)=Nc2ccc(Br)cc2[C@@H]1c1ccccc1. The maximum Gasteiger partial charge on any atom is 0.325 e. The number of nitrogens with zero attached hydrogens (tertiary/aromatic N) is 2. The molecule has 0 aliphatic carbocycles. The zero-order valence-electron chi connectivity index (χ0n) is 20.1. The van der Waals surface area contributed by atoms with Crippen LogP contribution in [-0.2, 0) is 9.53 Å². The highest BCUT2D eigenvalue weighted by Gasteiger charge is 2.35. The van der Waals surface area contributed by atoms with Crippen LogP contribution in [0.15, 0.2) is 70.1 Å². The molecular formula is C27H27BrN2O5. The van der Waals surface area contributed by atoms with E-state index in [0.29, 0.717) is 28.6 Å². The predicted octanol–water partition coefficient (Wildman–Crippen LogP) is 5.52. The van der Waals surface area contributed by atoms with Crippen molar-refractivity contribution in [3.05, 3.63) is 81.8 Å². The predicted molar refractivity (Wildman–Crippen MR) is 138 cm³/mol. The number of hydrogen-bond donors (Lipinski definition) is 0. The van der Waals surface area contributed by atoms with Gasteiger partial charge in [0.25, 0.3) is 0 Å². The Morgan fingerprint density at radius 1 is 0.943 bits per heavy atom. The number of aliphatic imine (C=N–C) groups is 1. The van der Waals surface area contributed by atoms with Gasteiger partial charge >= 0.3 is 5.97 Å². The first-order chi connectivity index (χ1) is 17.0. The van der Waals surface area contributed by atoms with E-state index in [-0.39, 0.29) is 25.2 Å². The summed E-state index contributed by atoms with van der Waals surface area (Å²) in [6.07, 6.45) is 0. The Balaban J connectivity index is 1.99. The van der Waals surface area contributed by atoms with Crippen molar-refractivity contribution in [1.82, 2.24) is 4.90 Å². The molecule has 0 unspecified atom stereocenters. The summed E-state index contributed by atoms with van der Waals surface area (Å²) >= 11 is 3.59. The highest BCUT2D eigenvalue weighted by Crippen LogP contribution is 2.44. The van der Waals surface area contributed by atoms with Crippen LogP contribution < -0.4 is 14.2 Å². The molecule has 1 heterocycles. The van der Waals surface area contributed by atoms with Crippen molar-refractivity contribution in [3.63, 3.8) is 0 Å². The Kier molecular flexibility index (Phi) is 7.60. The lowest BCUT2D eigenvalue weighted by Crippen LogP contribution is -2.42. The van der Waals surface area contributed by atoms with E-state index in [0.717, 1.165) is 21.3 Å². The Labute approximate surface area is 213 Å². The number of hydrogen-bond acceptors (Lipinski definition) is 7. The number of amidine groups is 1. The van der Waals surface area contributed by atoms with E-state index < -0.39 is 0 Å². The Bertz CT molecular complexity index is 1250. The van der Waals surface area contributed by atoms with Crippen molar-refractivity contribution in [2.45, 2.75) is 13.0 Å². The average molecular weight is 539 g/mol. The van der Waals surface area contributed by atoms with Crippen LogP contribution >= 0.6 is 15.9 Å². The van der Waals surface area contributed by atoms with Crippen LogP contribution in [0.4, 0.5) is 5.69 Å². The van der Waals surface area contributed by atoms with Gasteiger partial charge < -0.3 is 23.8 Å². The number of carbonyl (C=O) groups excluding carboxylic acids is 1. The summed E-state index contributed by atoms with van der Waals surface area (Å²) in [6.45, 7) is 2.08. The molecule has 0 saturated carbocycles. The van der Waals surface area contributed by atoms with Gasteiger partial charge in [-0.3, -0.25) is 4.79 Å². The summed E-state index contributed by atoms with van der Waals surface area (Å²) in [5, 5.41) is 0. The number of rotatable bonds is 8. The highest BCUT2D eigenvalue weighted by molar-refractivity contribution is 9.10. The molecule has 4 rings (SSSR count). The number of esters is 1. The van der Waals surface area contributed by atoms with Gasteiger partial charge in [-0.05, 0) is 36.8 Å². The van der Waals surface area contributed by atoms with Crippen LogP contribution in [0, 0.1) is 0 Å². The monoisotopic (exact) mass is 538 g/mol. The van der Waals surface area contributed by atoms with Gasteiger partial charge in [0.1, 0.15) is 18.1 Å². The molecule has 0 radical (unpaired) electrons. The Hall–Kier alpha value is -3.52. The van der Waals surface area contributed by atoms with E-state index in [2.05, 4.69) is 15.9 Å². The second-order valence-electron chi connectivity index (χ2n) is 7.79. The van der Waals surface area contributed by atoms with Crippen molar-refractivity contribution >= 4 is 33.4 Å². The molecule has 1 atom stereocenters. The van der Waals surface area contributed by atoms with Crippen molar-refractivity contribution in [3.8, 4) is 17.2 Å². The van der Waals surface area contributed by atoms with Crippen LogP contribution in [0.5, 0.6) is 17.2 Å². The van der Waals surface area contributed by atoms with Gasteiger partial charge in [-0.15, -0.1) is 0 Å². The fourth-order valence-corrected chi connectivity index (χ4v) is 4.62. The Morgan fingerprint density at radius 3 is 2.29 bits per heavy atom. The molecule has 0 amide bonds. The first-order valence-corrected chi connectivity index (χ1v) is 12.0. The first kappa shape index (κ1) is 24.6. The summed E-state index contributed by atoms with van der Waals surface area (Å²) in [5.41, 5.74) is 3.46. The van der Waals surface area contributed by atoms with Crippen LogP contribution in [0.2, 0.25) is 0 Å². The summed E-state index contributed by atoms with van der Waals surface area (Å²) in [6, 6.07) is 19.3. The number of carbonyl (C=O) groups is 1. The largest absolute Gasteiger partial charge is 0.496 e. The second-order valence-corrected chi connectivity index (χ2v) is 8.71. The lowest BCUT2D eigenvalue weighted by Gasteiger charge is -2.38. The van der Waals surface area contributed by atoms with E-state index in [9.17, 15) is 4.79 Å². The quantitative estimate of drug-likeness (QED) is 0.351. The molecule has 8 heteroatoms. The molecule has 0 fully saturated rings. The van der Waals surface area contributed by atoms with Gasteiger partial charge in [-0.25, -0.2) is 4.99 Å². The average Bonchev–Trinajstić information content (AvgIpc) is 2.88. The first-order valence-electron chi connectivity index (χ1n) is 11.2. The molecule has 0 aromatic heterocycles. The normalized spacial score (nSPS) is 14.6. The van der Waals surface area contributed by atoms with E-state index in [1.54, 1.807) is 34.3 Å². The molecule has 0 saturated heterocycles. The van der Waals surface area contributed by atoms with Crippen molar-refractivity contribution in [2.75, 3.05) is 34.5 Å². The smallest absolute Gasteiger partial charge is 0.325 e. The summed E-state index contributed by atoms with van der Waals surface area (Å²) in [4.78, 5) is 19.8. The number of halogens is 1. The molecule has 35 heavy (non-hydrogen) atoms. The fraction of sp³-hybridized carbons (Fsp3) is 0.259. The van der Waals surface area contributed by atoms with Gasteiger partial charge in [-0.1, -0.05) is 46.3 Å². The third-order valence-electron chi connectivity index (χ3n) is 5.76. The molecule has 182 valence electrons. The zero-order chi connectivity index (χ0) is 24.9. The topological polar surface area (TPSA) is 69.6 Å². The summed E-state index contributed by atoms with van der Waals surface area (Å²) < 4.78 is 23.0. The summed E-state index contributed by atoms with van der Waals surface area (Å²) in [7, 11) is 4.73. The molecule has 1 aliphatic heterocycles. The number of methoxy groups -OCH3 is 3. The maximum atomic E-state index is 12.8. The number of fused-ring (bicyclic) bond motifs is 1. The molecule has 0 spiro atoms. The third-order valence-corrected chi connectivity index (χ3v) is 6.25. The van der Waals surface area contributed by atoms with Crippen LogP contribution in [0.3, 0.4) is 0 Å². The van der Waals surface area contributed by atoms with Crippen LogP contribution in [-0.4, -0.2) is 51.2 Å². The standard InChI is InChI=1S/C27H27BrN2O5/c1-5-35-25(31)16-30-26(17-9-7-6-8-10-17)19-13-18(28)11-12-21(19)29-27(30)20-14-23(33-3)24(34-4)15-22(20)32-2/h6-15,26H,5,16H2,1-4H3/t26-/m0/s1. The van der Waals surface area contributed by atoms with E-state index in [1.165, 1.54) is 0 Å². The second kappa shape index (κ2) is 10.8. The van der Waals surface area contributed by atoms with E-state index in [4.69, 9.17) is 23.9 Å². The van der Waals surface area contributed by atoms with Gasteiger partial charge in [0.15, 0.2) is 11.5 Å². The van der Waals surface area contributed by atoms with Gasteiger partial charge in [-0.2, -0.15) is 0 Å². The van der Waals surface area contributed by atoms with Crippen LogP contribution in [0.25, 0.3) is 0 Å². The molecule has 0 bridgehead atoms. The van der Waals surface area contributed by atoms with E-state index in [1.807, 2.05) is 59.5 Å². The molecular weight excluding hydrogens is 512 g/mol. The van der Waals surface area contributed by atoms with Crippen molar-refractivity contribution in [1.29, 1.82) is 0 Å². The minimum atomic E-state index is -0.348. The number of ether oxygens (including phenoxy) is 4. The van der Waals surface area contributed by atoms with Crippen molar-refractivity contribution < 1.29 is 23.7 Å².